The van der Waals surface area contributed by atoms with Crippen LogP contribution in [0.3, 0.4) is 0 Å². The van der Waals surface area contributed by atoms with E-state index < -0.39 is 0 Å². The van der Waals surface area contributed by atoms with Crippen LogP contribution in [0.4, 0.5) is 0 Å². The Morgan fingerprint density at radius 3 is 2.11 bits per heavy atom. The summed E-state index contributed by atoms with van der Waals surface area (Å²) in [5, 5.41) is 2.94. The minimum absolute atomic E-state index is 0.0632. The normalized spacial score (nSPS) is 15.5. The largest absolute Gasteiger partial charge is 0.359 e. The molecule has 1 aliphatic rings. The van der Waals surface area contributed by atoms with E-state index in [4.69, 9.17) is 4.74 Å². The molecule has 0 aromatic heterocycles. The zero-order valence-electron chi connectivity index (χ0n) is 15.4. The molecule has 1 unspecified atom stereocenters. The predicted molar refractivity (Wildman–Crippen MR) is 107 cm³/mol. The third-order valence-corrected chi connectivity index (χ3v) is 4.95. The lowest BCUT2D eigenvalue weighted by Gasteiger charge is -2.20. The first-order valence-corrected chi connectivity index (χ1v) is 9.35. The molecule has 1 atom stereocenters. The Hall–Kier alpha value is -3.24. The molecule has 28 heavy (non-hydrogen) atoms. The summed E-state index contributed by atoms with van der Waals surface area (Å²) in [6, 6.07) is 26.8. The second kappa shape index (κ2) is 8.19. The maximum Gasteiger partial charge on any atom is 0.246 e. The number of ketones is 1. The molecule has 3 aromatic carbocycles. The van der Waals surface area contributed by atoms with Gasteiger partial charge in [-0.15, -0.1) is 0 Å². The van der Waals surface area contributed by atoms with Gasteiger partial charge >= 0.3 is 0 Å². The van der Waals surface area contributed by atoms with Gasteiger partial charge in [-0.1, -0.05) is 84.9 Å². The lowest BCUT2D eigenvalue weighted by Crippen LogP contribution is -2.31. The Labute approximate surface area is 164 Å². The second-order valence-corrected chi connectivity index (χ2v) is 6.85. The topological polar surface area (TPSA) is 55.4 Å². The summed E-state index contributed by atoms with van der Waals surface area (Å²) in [6.07, 6.45) is -0.0306. The Morgan fingerprint density at radius 2 is 1.46 bits per heavy atom. The Kier molecular flexibility index (Phi) is 5.31. The number of amides is 1. The van der Waals surface area contributed by atoms with Crippen LogP contribution in [0.2, 0.25) is 0 Å². The number of hydrogen-bond donors (Lipinski definition) is 1. The van der Waals surface area contributed by atoms with Crippen LogP contribution in [0.5, 0.6) is 0 Å². The molecule has 0 spiro atoms. The van der Waals surface area contributed by atoms with E-state index in [1.807, 2.05) is 78.9 Å². The van der Waals surface area contributed by atoms with E-state index in [9.17, 15) is 9.59 Å². The van der Waals surface area contributed by atoms with Gasteiger partial charge in [0, 0.05) is 12.0 Å². The fourth-order valence-corrected chi connectivity index (χ4v) is 3.62. The second-order valence-electron chi connectivity index (χ2n) is 6.85. The molecular weight excluding hydrogens is 350 g/mol. The standard InChI is InChI=1S/C24H21NO3/c26-22-15-21(19-13-7-8-14-20(19)22)25-23(27)16-28-24(17-9-3-1-4-10-17)18-11-5-2-6-12-18/h1-14,21,24H,15-16H2,(H,25,27). The van der Waals surface area contributed by atoms with Gasteiger partial charge in [0.2, 0.25) is 5.91 Å². The van der Waals surface area contributed by atoms with Crippen LogP contribution < -0.4 is 5.32 Å². The zero-order chi connectivity index (χ0) is 19.3. The highest BCUT2D eigenvalue weighted by molar-refractivity contribution is 6.01. The first-order valence-electron chi connectivity index (χ1n) is 9.35. The number of benzene rings is 3. The number of rotatable bonds is 6. The number of Topliss-reactive ketones (excluding diaryl/α,β-unsaturated/α-hetero) is 1. The molecule has 140 valence electrons. The summed E-state index contributed by atoms with van der Waals surface area (Å²) in [4.78, 5) is 24.6. The van der Waals surface area contributed by atoms with Gasteiger partial charge in [-0.05, 0) is 16.7 Å². The van der Waals surface area contributed by atoms with Crippen LogP contribution in [0.15, 0.2) is 84.9 Å². The minimum Gasteiger partial charge on any atom is -0.359 e. The van der Waals surface area contributed by atoms with Crippen LogP contribution in [0.25, 0.3) is 0 Å². The molecule has 4 rings (SSSR count). The third kappa shape index (κ3) is 3.87. The van der Waals surface area contributed by atoms with E-state index in [2.05, 4.69) is 5.32 Å². The van der Waals surface area contributed by atoms with E-state index in [1.165, 1.54) is 0 Å². The molecule has 0 fully saturated rings. The fraction of sp³-hybridized carbons (Fsp3) is 0.167. The summed E-state index contributed by atoms with van der Waals surface area (Å²) in [5.41, 5.74) is 3.55. The summed E-state index contributed by atoms with van der Waals surface area (Å²) in [5.74, 6) is -0.167. The molecule has 0 saturated heterocycles. The van der Waals surface area contributed by atoms with Crippen molar-refractivity contribution in [3.63, 3.8) is 0 Å². The van der Waals surface area contributed by atoms with E-state index >= 15 is 0 Å². The van der Waals surface area contributed by atoms with Gasteiger partial charge in [-0.25, -0.2) is 0 Å². The first kappa shape index (κ1) is 18.1. The van der Waals surface area contributed by atoms with E-state index in [-0.39, 0.29) is 30.4 Å². The van der Waals surface area contributed by atoms with Gasteiger partial charge < -0.3 is 10.1 Å². The predicted octanol–water partition coefficient (Wildman–Crippen LogP) is 4.24. The molecule has 4 nitrogen and oxygen atoms in total. The van der Waals surface area contributed by atoms with Crippen molar-refractivity contribution in [2.24, 2.45) is 0 Å². The lowest BCUT2D eigenvalue weighted by atomic mass is 10.0. The van der Waals surface area contributed by atoms with Gasteiger partial charge in [0.1, 0.15) is 12.7 Å². The molecule has 3 aromatic rings. The maximum atomic E-state index is 12.5. The molecule has 0 heterocycles. The molecule has 0 radical (unpaired) electrons. The van der Waals surface area contributed by atoms with Crippen LogP contribution >= 0.6 is 0 Å². The van der Waals surface area contributed by atoms with E-state index in [0.29, 0.717) is 12.0 Å². The highest BCUT2D eigenvalue weighted by atomic mass is 16.5. The molecular formula is C24H21NO3. The van der Waals surface area contributed by atoms with Crippen molar-refractivity contribution in [2.75, 3.05) is 6.61 Å². The van der Waals surface area contributed by atoms with Crippen molar-refractivity contribution in [2.45, 2.75) is 18.6 Å². The zero-order valence-corrected chi connectivity index (χ0v) is 15.4. The number of hydrogen-bond acceptors (Lipinski definition) is 3. The number of fused-ring (bicyclic) bond motifs is 1. The van der Waals surface area contributed by atoms with Crippen molar-refractivity contribution in [3.8, 4) is 0 Å². The average Bonchev–Trinajstić information content (AvgIpc) is 3.05. The Morgan fingerprint density at radius 1 is 0.893 bits per heavy atom. The Balaban J connectivity index is 1.45. The van der Waals surface area contributed by atoms with Crippen molar-refractivity contribution in [3.05, 3.63) is 107 Å². The number of nitrogens with one attached hydrogen (secondary N) is 1. The molecule has 4 heteroatoms. The SMILES string of the molecule is O=C(COC(c1ccccc1)c1ccccc1)NC1CC(=O)c2ccccc21. The van der Waals surface area contributed by atoms with E-state index in [0.717, 1.165) is 16.7 Å². The smallest absolute Gasteiger partial charge is 0.246 e. The first-order chi connectivity index (χ1) is 13.7. The molecule has 1 amide bonds. The fourth-order valence-electron chi connectivity index (χ4n) is 3.62. The van der Waals surface area contributed by atoms with Crippen LogP contribution in [0, 0.1) is 0 Å². The van der Waals surface area contributed by atoms with Crippen molar-refractivity contribution >= 4 is 11.7 Å². The van der Waals surface area contributed by atoms with Crippen molar-refractivity contribution in [1.29, 1.82) is 0 Å². The minimum atomic E-state index is -0.328. The van der Waals surface area contributed by atoms with Gasteiger partial charge in [-0.3, -0.25) is 9.59 Å². The number of carbonyl (C=O) groups excluding carboxylic acids is 2. The number of carbonyl (C=O) groups is 2. The summed E-state index contributed by atoms with van der Waals surface area (Å²) < 4.78 is 6.00. The highest BCUT2D eigenvalue weighted by Crippen LogP contribution is 2.31. The maximum absolute atomic E-state index is 12.5. The summed E-state index contributed by atoms with van der Waals surface area (Å²) in [6.45, 7) is -0.0820. The summed E-state index contributed by atoms with van der Waals surface area (Å²) >= 11 is 0. The van der Waals surface area contributed by atoms with Crippen molar-refractivity contribution in [1.82, 2.24) is 5.32 Å². The number of ether oxygens (including phenoxy) is 1. The molecule has 0 bridgehead atoms. The Bertz CT molecular complexity index is 930. The average molecular weight is 371 g/mol. The van der Waals surface area contributed by atoms with Crippen molar-refractivity contribution < 1.29 is 14.3 Å². The summed E-state index contributed by atoms with van der Waals surface area (Å²) in [7, 11) is 0. The van der Waals surface area contributed by atoms with Crippen LogP contribution in [0.1, 0.15) is 45.6 Å². The lowest BCUT2D eigenvalue weighted by molar-refractivity contribution is -0.127. The van der Waals surface area contributed by atoms with E-state index in [1.54, 1.807) is 6.07 Å². The van der Waals surface area contributed by atoms with Gasteiger partial charge in [0.15, 0.2) is 5.78 Å². The molecule has 0 saturated carbocycles. The van der Waals surface area contributed by atoms with Crippen LogP contribution in [-0.2, 0) is 9.53 Å². The van der Waals surface area contributed by atoms with Gasteiger partial charge in [0.25, 0.3) is 0 Å². The monoisotopic (exact) mass is 371 g/mol. The third-order valence-electron chi connectivity index (χ3n) is 4.95. The quantitative estimate of drug-likeness (QED) is 0.705. The highest BCUT2D eigenvalue weighted by Gasteiger charge is 2.30. The molecule has 1 N–H and O–H groups in total. The van der Waals surface area contributed by atoms with Crippen LogP contribution in [-0.4, -0.2) is 18.3 Å². The van der Waals surface area contributed by atoms with Gasteiger partial charge in [0.05, 0.1) is 6.04 Å². The molecule has 1 aliphatic carbocycles. The molecule has 0 aliphatic heterocycles. The van der Waals surface area contributed by atoms with Gasteiger partial charge in [-0.2, -0.15) is 0 Å².